The lowest BCUT2D eigenvalue weighted by atomic mass is 10.0. The summed E-state index contributed by atoms with van der Waals surface area (Å²) >= 11 is 0. The highest BCUT2D eigenvalue weighted by atomic mass is 16.6. The smallest absolute Gasteiger partial charge is 0.407 e. The minimum atomic E-state index is -0.378. The topological polar surface area (TPSA) is 67.8 Å². The van der Waals surface area contributed by atoms with Crippen molar-refractivity contribution in [1.82, 2.24) is 5.32 Å². The lowest BCUT2D eigenvalue weighted by molar-refractivity contribution is 0.0750. The van der Waals surface area contributed by atoms with Crippen LogP contribution in [0, 0.1) is 0 Å². The number of ether oxygens (including phenoxy) is 2. The molecular formula is C13H23NO4. The summed E-state index contributed by atoms with van der Waals surface area (Å²) in [7, 11) is 0. The van der Waals surface area contributed by atoms with Gasteiger partial charge in [0.15, 0.2) is 0 Å². The standard InChI is InChI=1S/C13H23NO4/c15-9-11-17-10-8-14-13(16)18-12-6-4-2-1-3-5-7-12/h1-2,12,15H,3-11H2,(H,14,16)/b2-1+. The summed E-state index contributed by atoms with van der Waals surface area (Å²) in [5, 5.41) is 11.1. The molecule has 0 aromatic rings. The predicted octanol–water partition coefficient (Wildman–Crippen LogP) is 1.61. The minimum Gasteiger partial charge on any atom is -0.446 e. The molecule has 1 rings (SSSR count). The Balaban J connectivity index is 2.08. The van der Waals surface area contributed by atoms with Gasteiger partial charge in [-0.25, -0.2) is 4.79 Å². The number of rotatable bonds is 6. The minimum absolute atomic E-state index is 0.0000380. The SMILES string of the molecule is O=C(NCCOCCO)OC1CC/C=C/CCC1. The van der Waals surface area contributed by atoms with E-state index in [0.29, 0.717) is 19.8 Å². The molecule has 1 atom stereocenters. The van der Waals surface area contributed by atoms with E-state index in [4.69, 9.17) is 14.6 Å². The third kappa shape index (κ3) is 7.29. The summed E-state index contributed by atoms with van der Waals surface area (Å²) in [6.45, 7) is 1.10. The van der Waals surface area contributed by atoms with Crippen LogP contribution in [0.1, 0.15) is 32.1 Å². The van der Waals surface area contributed by atoms with E-state index in [1.54, 1.807) is 0 Å². The Kier molecular flexibility index (Phi) is 8.25. The third-order valence-corrected chi connectivity index (χ3v) is 2.74. The van der Waals surface area contributed by atoms with Gasteiger partial charge in [0.05, 0.1) is 19.8 Å². The molecule has 0 aliphatic heterocycles. The van der Waals surface area contributed by atoms with E-state index in [-0.39, 0.29) is 18.8 Å². The molecule has 0 radical (unpaired) electrons. The molecule has 0 saturated heterocycles. The number of hydrogen-bond acceptors (Lipinski definition) is 4. The van der Waals surface area contributed by atoms with Crippen LogP contribution < -0.4 is 5.32 Å². The maximum Gasteiger partial charge on any atom is 0.407 e. The Bertz CT molecular complexity index is 255. The summed E-state index contributed by atoms with van der Waals surface area (Å²) in [4.78, 5) is 11.5. The van der Waals surface area contributed by atoms with Gasteiger partial charge in [-0.15, -0.1) is 0 Å². The zero-order chi connectivity index (χ0) is 13.1. The molecule has 1 amide bonds. The zero-order valence-electron chi connectivity index (χ0n) is 10.8. The Morgan fingerprint density at radius 3 is 2.94 bits per heavy atom. The number of hydrogen-bond donors (Lipinski definition) is 2. The van der Waals surface area contributed by atoms with Crippen LogP contribution in [0.3, 0.4) is 0 Å². The van der Waals surface area contributed by atoms with Gasteiger partial charge in [-0.05, 0) is 32.1 Å². The van der Waals surface area contributed by atoms with E-state index in [1.807, 2.05) is 0 Å². The molecule has 2 N–H and O–H groups in total. The van der Waals surface area contributed by atoms with E-state index in [1.165, 1.54) is 0 Å². The number of allylic oxidation sites excluding steroid dienone is 2. The maximum atomic E-state index is 11.5. The van der Waals surface area contributed by atoms with Crippen molar-refractivity contribution < 1.29 is 19.4 Å². The van der Waals surface area contributed by atoms with Gasteiger partial charge in [0.25, 0.3) is 0 Å². The number of aliphatic hydroxyl groups excluding tert-OH is 1. The summed E-state index contributed by atoms with van der Waals surface area (Å²) in [5.41, 5.74) is 0. The van der Waals surface area contributed by atoms with Crippen molar-refractivity contribution in [1.29, 1.82) is 0 Å². The number of alkyl carbamates (subject to hydrolysis) is 1. The fourth-order valence-corrected chi connectivity index (χ4v) is 1.83. The van der Waals surface area contributed by atoms with Crippen molar-refractivity contribution in [2.45, 2.75) is 38.2 Å². The maximum absolute atomic E-state index is 11.5. The Hall–Kier alpha value is -1.07. The number of nitrogens with one attached hydrogen (secondary N) is 1. The van der Waals surface area contributed by atoms with Crippen molar-refractivity contribution in [2.24, 2.45) is 0 Å². The fourth-order valence-electron chi connectivity index (χ4n) is 1.83. The van der Waals surface area contributed by atoms with E-state index in [9.17, 15) is 4.79 Å². The van der Waals surface area contributed by atoms with Gasteiger partial charge in [0.1, 0.15) is 6.10 Å². The third-order valence-electron chi connectivity index (χ3n) is 2.74. The molecule has 104 valence electrons. The number of aliphatic hydroxyl groups is 1. The van der Waals surface area contributed by atoms with Crippen LogP contribution >= 0.6 is 0 Å². The van der Waals surface area contributed by atoms with Crippen molar-refractivity contribution in [2.75, 3.05) is 26.4 Å². The van der Waals surface area contributed by atoms with Gasteiger partial charge in [-0.2, -0.15) is 0 Å². The molecule has 18 heavy (non-hydrogen) atoms. The Morgan fingerprint density at radius 1 is 1.28 bits per heavy atom. The highest BCUT2D eigenvalue weighted by molar-refractivity contribution is 5.67. The van der Waals surface area contributed by atoms with Gasteiger partial charge in [-0.1, -0.05) is 12.2 Å². The largest absolute Gasteiger partial charge is 0.446 e. The lowest BCUT2D eigenvalue weighted by Crippen LogP contribution is -2.31. The van der Waals surface area contributed by atoms with Crippen LogP contribution in [0.2, 0.25) is 0 Å². The number of carbonyl (C=O) groups excluding carboxylic acids is 1. The highest BCUT2D eigenvalue weighted by Gasteiger charge is 2.14. The fraction of sp³-hybridized carbons (Fsp3) is 0.769. The second-order valence-electron chi connectivity index (χ2n) is 4.27. The molecule has 5 heteroatoms. The van der Waals surface area contributed by atoms with Crippen LogP contribution in [-0.4, -0.2) is 43.7 Å². The molecule has 0 aromatic heterocycles. The molecule has 1 unspecified atom stereocenters. The van der Waals surface area contributed by atoms with Crippen molar-refractivity contribution in [3.8, 4) is 0 Å². The van der Waals surface area contributed by atoms with Gasteiger partial charge in [0.2, 0.25) is 0 Å². The van der Waals surface area contributed by atoms with Crippen LogP contribution in [-0.2, 0) is 9.47 Å². The second kappa shape index (κ2) is 9.91. The molecule has 0 fully saturated rings. The predicted molar refractivity (Wildman–Crippen MR) is 68.4 cm³/mol. The average Bonchev–Trinajstić information content (AvgIpc) is 2.32. The van der Waals surface area contributed by atoms with E-state index in [2.05, 4.69) is 17.5 Å². The van der Waals surface area contributed by atoms with Crippen molar-refractivity contribution in [3.05, 3.63) is 12.2 Å². The lowest BCUT2D eigenvalue weighted by Gasteiger charge is -2.18. The first kappa shape index (κ1) is 15.0. The Labute approximate surface area is 108 Å². The van der Waals surface area contributed by atoms with Crippen LogP contribution in [0.25, 0.3) is 0 Å². The zero-order valence-corrected chi connectivity index (χ0v) is 10.8. The van der Waals surface area contributed by atoms with E-state index in [0.717, 1.165) is 32.1 Å². The first-order valence-electron chi connectivity index (χ1n) is 6.61. The van der Waals surface area contributed by atoms with Crippen LogP contribution in [0.15, 0.2) is 12.2 Å². The molecule has 0 saturated carbocycles. The number of amides is 1. The summed E-state index contributed by atoms with van der Waals surface area (Å²) in [5.74, 6) is 0. The van der Waals surface area contributed by atoms with Gasteiger partial charge in [-0.3, -0.25) is 0 Å². The molecule has 1 aliphatic carbocycles. The molecule has 0 spiro atoms. The van der Waals surface area contributed by atoms with E-state index >= 15 is 0 Å². The Morgan fingerprint density at radius 2 is 2.11 bits per heavy atom. The molecule has 1 aliphatic rings. The summed E-state index contributed by atoms with van der Waals surface area (Å²) < 4.78 is 10.4. The molecule has 5 nitrogen and oxygen atoms in total. The van der Waals surface area contributed by atoms with Gasteiger partial charge in [0, 0.05) is 6.54 Å². The van der Waals surface area contributed by atoms with Crippen molar-refractivity contribution in [3.63, 3.8) is 0 Å². The summed E-state index contributed by atoms with van der Waals surface area (Å²) in [6, 6.07) is 0. The molecular weight excluding hydrogens is 234 g/mol. The van der Waals surface area contributed by atoms with Gasteiger partial charge < -0.3 is 19.9 Å². The molecule has 0 heterocycles. The second-order valence-corrected chi connectivity index (χ2v) is 4.27. The highest BCUT2D eigenvalue weighted by Crippen LogP contribution is 2.15. The normalized spacial score (nSPS) is 21.7. The average molecular weight is 257 g/mol. The first-order valence-corrected chi connectivity index (χ1v) is 6.61. The number of carbonyl (C=O) groups is 1. The molecule has 0 aromatic carbocycles. The van der Waals surface area contributed by atoms with E-state index < -0.39 is 0 Å². The summed E-state index contributed by atoms with van der Waals surface area (Å²) in [6.07, 6.45) is 8.90. The van der Waals surface area contributed by atoms with Gasteiger partial charge >= 0.3 is 6.09 Å². The van der Waals surface area contributed by atoms with Crippen LogP contribution in [0.4, 0.5) is 4.79 Å². The quantitative estimate of drug-likeness (QED) is 0.560. The van der Waals surface area contributed by atoms with Crippen molar-refractivity contribution >= 4 is 6.09 Å². The van der Waals surface area contributed by atoms with Crippen LogP contribution in [0.5, 0.6) is 0 Å². The monoisotopic (exact) mass is 257 g/mol. The first-order chi connectivity index (χ1) is 8.83. The molecule has 0 bridgehead atoms.